The van der Waals surface area contributed by atoms with Gasteiger partial charge in [0.1, 0.15) is 0 Å². The van der Waals surface area contributed by atoms with Gasteiger partial charge in [0.15, 0.2) is 0 Å². The molecule has 0 aromatic carbocycles. The van der Waals surface area contributed by atoms with Gasteiger partial charge in [-0.1, -0.05) is 0 Å². The molecule has 8 nitrogen and oxygen atoms in total. The van der Waals surface area contributed by atoms with E-state index in [1.54, 1.807) is 0 Å². The molecule has 0 saturated carbocycles. The van der Waals surface area contributed by atoms with Crippen molar-refractivity contribution in [3.8, 4) is 0 Å². The van der Waals surface area contributed by atoms with Crippen molar-refractivity contribution in [1.82, 2.24) is 10.6 Å². The van der Waals surface area contributed by atoms with Crippen LogP contribution in [0, 0.1) is 0 Å². The van der Waals surface area contributed by atoms with Gasteiger partial charge in [-0.25, -0.2) is 4.79 Å². The van der Waals surface area contributed by atoms with E-state index in [0.717, 1.165) is 0 Å². The third-order valence-corrected chi connectivity index (χ3v) is 1.76. The Hall–Kier alpha value is -1.42. The zero-order chi connectivity index (χ0) is 15.3. The predicted molar refractivity (Wildman–Crippen MR) is 73.8 cm³/mol. The average molecular weight is 312 g/mol. The van der Waals surface area contributed by atoms with Crippen LogP contribution in [0.15, 0.2) is 0 Å². The number of amides is 3. The Morgan fingerprint density at radius 1 is 1.05 bits per heavy atom. The van der Waals surface area contributed by atoms with Crippen molar-refractivity contribution in [3.63, 3.8) is 0 Å². The minimum Gasteiger partial charge on any atom is -0.481 e. The summed E-state index contributed by atoms with van der Waals surface area (Å²) in [5.41, 5.74) is 0. The Morgan fingerprint density at radius 3 is 1.53 bits per heavy atom. The number of hydrogen-bond donors (Lipinski definition) is 6. The summed E-state index contributed by atoms with van der Waals surface area (Å²) in [6, 6.07) is -0.398. The Balaban J connectivity index is 0. The smallest absolute Gasteiger partial charge is 0.321 e. The Morgan fingerprint density at radius 2 is 1.47 bits per heavy atom. The molecule has 1 aliphatic rings. The van der Waals surface area contributed by atoms with Crippen LogP contribution in [0.1, 0.15) is 12.8 Å². The largest absolute Gasteiger partial charge is 0.481 e. The lowest BCUT2D eigenvalue weighted by atomic mass is 10.5. The molecule has 4 N–H and O–H groups in total. The molecule has 0 unspecified atom stereocenters. The summed E-state index contributed by atoms with van der Waals surface area (Å²) in [4.78, 5) is 39.2. The molecular weight excluding hydrogens is 296 g/mol. The van der Waals surface area contributed by atoms with Crippen molar-refractivity contribution in [2.24, 2.45) is 0 Å². The highest BCUT2D eigenvalue weighted by Gasteiger charge is 2.14. The molecule has 0 spiro atoms. The number of nitrogens with one attached hydrogen (secondary N) is 2. The zero-order valence-corrected chi connectivity index (χ0v) is 11.7. The van der Waals surface area contributed by atoms with Crippen molar-refractivity contribution in [3.05, 3.63) is 0 Å². The highest BCUT2D eigenvalue weighted by Crippen LogP contribution is 1.80. The Labute approximate surface area is 120 Å². The number of rotatable bonds is 4. The van der Waals surface area contributed by atoms with Gasteiger partial charge in [0, 0.05) is 11.5 Å². The van der Waals surface area contributed by atoms with Crippen molar-refractivity contribution < 1.29 is 29.4 Å². The van der Waals surface area contributed by atoms with Crippen LogP contribution in [0.4, 0.5) is 4.79 Å². The molecule has 0 aromatic heterocycles. The van der Waals surface area contributed by atoms with Gasteiger partial charge in [-0.15, -0.1) is 0 Å². The number of hydrogen-bond acceptors (Lipinski definition) is 6. The number of urea groups is 1. The van der Waals surface area contributed by atoms with Crippen molar-refractivity contribution in [1.29, 1.82) is 0 Å². The lowest BCUT2D eigenvalue weighted by molar-refractivity contribution is -0.137. The molecule has 1 rings (SSSR count). The molecule has 10 heteroatoms. The molecule has 1 fully saturated rings. The first-order valence-electron chi connectivity index (χ1n) is 5.06. The average Bonchev–Trinajstić information content (AvgIpc) is 2.63. The fraction of sp³-hybridized carbons (Fsp3) is 0.556. The van der Waals surface area contributed by atoms with E-state index in [9.17, 15) is 19.2 Å². The monoisotopic (exact) mass is 312 g/mol. The number of thiol groups is 2. The number of carboxylic acids is 2. The van der Waals surface area contributed by atoms with E-state index in [4.69, 9.17) is 10.2 Å². The van der Waals surface area contributed by atoms with E-state index in [-0.39, 0.29) is 25.3 Å². The predicted octanol–water partition coefficient (Wildman–Crippen LogP) is -0.392. The molecule has 1 aliphatic heterocycles. The van der Waals surface area contributed by atoms with Gasteiger partial charge >= 0.3 is 18.0 Å². The summed E-state index contributed by atoms with van der Waals surface area (Å²) >= 11 is 7.36. The van der Waals surface area contributed by atoms with Gasteiger partial charge in [-0.05, 0) is 0 Å². The van der Waals surface area contributed by atoms with Gasteiger partial charge in [-0.3, -0.25) is 19.7 Å². The minimum atomic E-state index is -0.787. The van der Waals surface area contributed by atoms with Crippen molar-refractivity contribution in [2.45, 2.75) is 12.8 Å². The molecule has 1 saturated heterocycles. The van der Waals surface area contributed by atoms with E-state index in [2.05, 4.69) is 30.6 Å². The summed E-state index contributed by atoms with van der Waals surface area (Å²) in [7, 11) is 0. The molecular formula is C9H16N2O6S2. The molecule has 0 aromatic rings. The van der Waals surface area contributed by atoms with Gasteiger partial charge < -0.3 is 15.5 Å². The molecule has 0 atom stereocenters. The maximum absolute atomic E-state index is 10.1. The van der Waals surface area contributed by atoms with Crippen LogP contribution in [0.3, 0.4) is 0 Å². The first-order valence-corrected chi connectivity index (χ1v) is 6.33. The van der Waals surface area contributed by atoms with Gasteiger partial charge in [0.05, 0.1) is 19.4 Å². The number of carbonyl (C=O) groups is 4. The Kier molecular flexibility index (Phi) is 13.6. The lowest BCUT2D eigenvalue weighted by Crippen LogP contribution is -2.22. The van der Waals surface area contributed by atoms with Crippen LogP contribution in [-0.2, 0) is 14.4 Å². The number of imide groups is 1. The van der Waals surface area contributed by atoms with Crippen LogP contribution >= 0.6 is 25.3 Å². The lowest BCUT2D eigenvalue weighted by Gasteiger charge is -1.79. The third kappa shape index (κ3) is 19.1. The quantitative estimate of drug-likeness (QED) is 0.309. The van der Waals surface area contributed by atoms with E-state index >= 15 is 0 Å². The van der Waals surface area contributed by atoms with Crippen LogP contribution < -0.4 is 10.6 Å². The zero-order valence-electron chi connectivity index (χ0n) is 9.96. The first kappa shape index (κ1) is 19.9. The highest BCUT2D eigenvalue weighted by atomic mass is 32.1. The summed E-state index contributed by atoms with van der Waals surface area (Å²) in [5, 5.41) is 20.0. The second kappa shape index (κ2) is 13.0. The van der Waals surface area contributed by atoms with Crippen LogP contribution in [0.2, 0.25) is 0 Å². The second-order valence-corrected chi connectivity index (χ2v) is 3.86. The minimum absolute atomic E-state index is 0.124. The molecule has 110 valence electrons. The SMILES string of the molecule is O=C(O)CCS.O=C(O)CCS.O=C1CNC(=O)N1. The molecule has 3 amide bonds. The Bertz CT molecular complexity index is 294. The molecule has 0 radical (unpaired) electrons. The standard InChI is InChI=1S/C3H4N2O2.2C3H6O2S/c6-2-1-4-3(7)5-2;2*4-3(5)1-2-6/h1H2,(H2,4,5,6,7);2*6H,1-2H2,(H,4,5). The summed E-state index contributed by atoms with van der Waals surface area (Å²) in [5.74, 6) is -0.981. The number of carboxylic acid groups (broad SMARTS) is 2. The van der Waals surface area contributed by atoms with Gasteiger partial charge in [0.2, 0.25) is 5.91 Å². The second-order valence-electron chi connectivity index (χ2n) is 2.97. The first-order chi connectivity index (χ1) is 8.83. The fourth-order valence-corrected chi connectivity index (χ4v) is 0.949. The molecule has 1 heterocycles. The summed E-state index contributed by atoms with van der Waals surface area (Å²) in [6.45, 7) is 0.124. The van der Waals surface area contributed by atoms with Crippen LogP contribution in [0.5, 0.6) is 0 Å². The van der Waals surface area contributed by atoms with Crippen LogP contribution in [-0.4, -0.2) is 52.1 Å². The summed E-state index contributed by atoms with van der Waals surface area (Å²) in [6.07, 6.45) is 0.312. The maximum Gasteiger partial charge on any atom is 0.321 e. The molecule has 0 bridgehead atoms. The number of aliphatic carboxylic acids is 2. The van der Waals surface area contributed by atoms with Gasteiger partial charge in [-0.2, -0.15) is 25.3 Å². The maximum atomic E-state index is 10.1. The number of carbonyl (C=O) groups excluding carboxylic acids is 2. The van der Waals surface area contributed by atoms with Crippen molar-refractivity contribution in [2.75, 3.05) is 18.1 Å². The van der Waals surface area contributed by atoms with E-state index in [0.29, 0.717) is 11.5 Å². The normalized spacial score (nSPS) is 12.1. The van der Waals surface area contributed by atoms with E-state index < -0.39 is 18.0 Å². The van der Waals surface area contributed by atoms with E-state index in [1.807, 2.05) is 5.32 Å². The van der Waals surface area contributed by atoms with Crippen molar-refractivity contribution >= 4 is 49.1 Å². The topological polar surface area (TPSA) is 133 Å². The molecule has 0 aliphatic carbocycles. The fourth-order valence-electron chi connectivity index (χ4n) is 0.567. The van der Waals surface area contributed by atoms with E-state index in [1.165, 1.54) is 0 Å². The summed E-state index contributed by atoms with van der Waals surface area (Å²) < 4.78 is 0. The molecule has 19 heavy (non-hydrogen) atoms. The highest BCUT2D eigenvalue weighted by molar-refractivity contribution is 7.80. The van der Waals surface area contributed by atoms with Gasteiger partial charge in [0.25, 0.3) is 0 Å². The van der Waals surface area contributed by atoms with Crippen LogP contribution in [0.25, 0.3) is 0 Å². The third-order valence-electron chi connectivity index (χ3n) is 1.31.